The molecule has 0 radical (unpaired) electrons. The monoisotopic (exact) mass is 437 g/mol. The molecular weight excluding hydrogens is 406 g/mol. The Morgan fingerprint density at radius 3 is 2.84 bits per heavy atom. The van der Waals surface area contributed by atoms with Crippen LogP contribution in [0.15, 0.2) is 43.0 Å². The van der Waals surface area contributed by atoms with Crippen LogP contribution in [0.2, 0.25) is 0 Å². The number of carboxylic acid groups (broad SMARTS) is 1. The van der Waals surface area contributed by atoms with Gasteiger partial charge in [-0.25, -0.2) is 9.97 Å². The highest BCUT2D eigenvalue weighted by molar-refractivity contribution is 5.76. The van der Waals surface area contributed by atoms with Gasteiger partial charge >= 0.3 is 5.97 Å². The third-order valence-corrected chi connectivity index (χ3v) is 6.23. The lowest BCUT2D eigenvalue weighted by molar-refractivity contribution is -0.137. The first kappa shape index (κ1) is 22.1. The number of nitrogens with one attached hydrogen (secondary N) is 1. The normalized spacial score (nSPS) is 15.6. The van der Waals surface area contributed by atoms with Crippen molar-refractivity contribution in [3.05, 3.63) is 48.5 Å². The van der Waals surface area contributed by atoms with Crippen LogP contribution in [0.1, 0.15) is 51.0 Å². The Morgan fingerprint density at radius 1 is 1.31 bits per heavy atom. The van der Waals surface area contributed by atoms with E-state index in [-0.39, 0.29) is 12.3 Å². The van der Waals surface area contributed by atoms with Crippen LogP contribution in [-0.2, 0) is 9.53 Å². The molecule has 1 atom stereocenters. The van der Waals surface area contributed by atoms with Crippen molar-refractivity contribution in [2.45, 2.75) is 51.5 Å². The molecule has 170 valence electrons. The molecule has 0 amide bonds. The van der Waals surface area contributed by atoms with Crippen molar-refractivity contribution in [3.63, 3.8) is 0 Å². The zero-order valence-corrected chi connectivity index (χ0v) is 18.7. The summed E-state index contributed by atoms with van der Waals surface area (Å²) in [6, 6.07) is 6.70. The number of nitrogens with zero attached hydrogens (tertiary/aromatic N) is 4. The molecule has 3 aromatic rings. The van der Waals surface area contributed by atoms with Gasteiger partial charge in [-0.1, -0.05) is 13.0 Å². The summed E-state index contributed by atoms with van der Waals surface area (Å²) in [6.45, 7) is 6.62. The number of hydrogen-bond donors (Lipinski definition) is 2. The Balaban J connectivity index is 1.72. The Hall–Kier alpha value is -3.13. The third kappa shape index (κ3) is 4.85. The van der Waals surface area contributed by atoms with Crippen molar-refractivity contribution in [2.24, 2.45) is 0 Å². The molecule has 1 aliphatic heterocycles. The fourth-order valence-electron chi connectivity index (χ4n) is 4.52. The molecule has 1 aromatic carbocycles. The number of carbonyl (C=O) groups is 1. The van der Waals surface area contributed by atoms with Crippen LogP contribution in [0, 0.1) is 0 Å². The Morgan fingerprint density at radius 2 is 2.12 bits per heavy atom. The van der Waals surface area contributed by atoms with Crippen LogP contribution >= 0.6 is 0 Å². The molecular formula is C24H31N5O3. The van der Waals surface area contributed by atoms with Crippen LogP contribution in [0.25, 0.3) is 5.65 Å². The van der Waals surface area contributed by atoms with E-state index in [1.807, 2.05) is 23.7 Å². The maximum atomic E-state index is 11.4. The van der Waals surface area contributed by atoms with Gasteiger partial charge < -0.3 is 24.5 Å². The van der Waals surface area contributed by atoms with Crippen LogP contribution in [0.5, 0.6) is 0 Å². The summed E-state index contributed by atoms with van der Waals surface area (Å²) in [5.41, 5.74) is 3.84. The maximum Gasteiger partial charge on any atom is 0.303 e. The fraction of sp³-hybridized carbons (Fsp3) is 0.458. The van der Waals surface area contributed by atoms with Gasteiger partial charge in [0, 0.05) is 38.2 Å². The first-order chi connectivity index (χ1) is 15.6. The van der Waals surface area contributed by atoms with Gasteiger partial charge in [-0.05, 0) is 49.8 Å². The van der Waals surface area contributed by atoms with Gasteiger partial charge in [0.2, 0.25) is 0 Å². The molecule has 4 rings (SSSR count). The molecule has 8 heteroatoms. The molecule has 1 aliphatic rings. The lowest BCUT2D eigenvalue weighted by Crippen LogP contribution is -2.39. The summed E-state index contributed by atoms with van der Waals surface area (Å²) < 4.78 is 7.50. The Bertz CT molecular complexity index is 1060. The van der Waals surface area contributed by atoms with Gasteiger partial charge in [-0.2, -0.15) is 0 Å². The van der Waals surface area contributed by atoms with Gasteiger partial charge in [0.25, 0.3) is 0 Å². The summed E-state index contributed by atoms with van der Waals surface area (Å²) in [7, 11) is 0. The topological polar surface area (TPSA) is 92.0 Å². The first-order valence-electron chi connectivity index (χ1n) is 11.3. The highest BCUT2D eigenvalue weighted by Crippen LogP contribution is 2.36. The lowest BCUT2D eigenvalue weighted by atomic mass is 9.92. The molecule has 32 heavy (non-hydrogen) atoms. The van der Waals surface area contributed by atoms with E-state index in [0.29, 0.717) is 11.9 Å². The van der Waals surface area contributed by atoms with Crippen molar-refractivity contribution in [3.8, 4) is 0 Å². The van der Waals surface area contributed by atoms with Crippen molar-refractivity contribution >= 4 is 28.8 Å². The standard InChI is InChI=1S/C24H31N5O3/c1-3-17(14-24(30)31)18-5-6-21(29(4-2)19-7-11-32-12-8-19)20(13-18)27-22-16-28-10-9-25-23(28)15-26-22/h5-6,9-10,13,15-17,19,27H,3-4,7-8,11-12,14H2,1-2H3,(H,30,31). The minimum atomic E-state index is -0.778. The van der Waals surface area contributed by atoms with E-state index in [4.69, 9.17) is 4.74 Å². The maximum absolute atomic E-state index is 11.4. The van der Waals surface area contributed by atoms with E-state index < -0.39 is 5.97 Å². The van der Waals surface area contributed by atoms with Crippen molar-refractivity contribution in [2.75, 3.05) is 30.0 Å². The lowest BCUT2D eigenvalue weighted by Gasteiger charge is -2.36. The largest absolute Gasteiger partial charge is 0.481 e. The SMILES string of the molecule is CCC(CC(=O)O)c1ccc(N(CC)C2CCOCC2)c(Nc2cn3ccnc3cn2)c1. The summed E-state index contributed by atoms with van der Waals surface area (Å²) in [5, 5.41) is 12.9. The summed E-state index contributed by atoms with van der Waals surface area (Å²) in [5.74, 6) is -0.104. The molecule has 2 aromatic heterocycles. The zero-order chi connectivity index (χ0) is 22.5. The van der Waals surface area contributed by atoms with E-state index in [1.165, 1.54) is 0 Å². The van der Waals surface area contributed by atoms with Gasteiger partial charge in [-0.15, -0.1) is 0 Å². The molecule has 0 saturated carbocycles. The fourth-order valence-corrected chi connectivity index (χ4v) is 4.52. The summed E-state index contributed by atoms with van der Waals surface area (Å²) >= 11 is 0. The summed E-state index contributed by atoms with van der Waals surface area (Å²) in [6.07, 6.45) is 10.2. The Labute approximate surface area is 188 Å². The number of carboxylic acids is 1. The van der Waals surface area contributed by atoms with Crippen LogP contribution in [-0.4, -0.2) is 51.2 Å². The Kier molecular flexibility index (Phi) is 6.90. The van der Waals surface area contributed by atoms with Crippen LogP contribution in [0.4, 0.5) is 17.2 Å². The molecule has 1 fully saturated rings. The summed E-state index contributed by atoms with van der Waals surface area (Å²) in [4.78, 5) is 22.6. The van der Waals surface area contributed by atoms with Crippen LogP contribution < -0.4 is 10.2 Å². The molecule has 0 aliphatic carbocycles. The predicted octanol–water partition coefficient (Wildman–Crippen LogP) is 4.45. The number of aliphatic carboxylic acids is 1. The molecule has 2 N–H and O–H groups in total. The number of fused-ring (bicyclic) bond motifs is 1. The van der Waals surface area contributed by atoms with E-state index in [2.05, 4.69) is 45.3 Å². The van der Waals surface area contributed by atoms with E-state index >= 15 is 0 Å². The number of imidazole rings is 1. The molecule has 0 bridgehead atoms. The van der Waals surface area contributed by atoms with Crippen molar-refractivity contribution < 1.29 is 14.6 Å². The smallest absolute Gasteiger partial charge is 0.303 e. The second-order valence-corrected chi connectivity index (χ2v) is 8.20. The van der Waals surface area contributed by atoms with Gasteiger partial charge in [-0.3, -0.25) is 4.79 Å². The first-order valence-corrected chi connectivity index (χ1v) is 11.3. The highest BCUT2D eigenvalue weighted by atomic mass is 16.5. The van der Waals surface area contributed by atoms with Gasteiger partial charge in [0.05, 0.1) is 30.2 Å². The van der Waals surface area contributed by atoms with E-state index in [1.54, 1.807) is 12.4 Å². The van der Waals surface area contributed by atoms with Crippen LogP contribution in [0.3, 0.4) is 0 Å². The predicted molar refractivity (Wildman–Crippen MR) is 125 cm³/mol. The molecule has 1 unspecified atom stereocenters. The third-order valence-electron chi connectivity index (χ3n) is 6.23. The van der Waals surface area contributed by atoms with E-state index in [0.717, 1.165) is 61.6 Å². The number of benzene rings is 1. The van der Waals surface area contributed by atoms with Gasteiger partial charge in [0.15, 0.2) is 5.65 Å². The second-order valence-electron chi connectivity index (χ2n) is 8.20. The minimum absolute atomic E-state index is 0.0376. The highest BCUT2D eigenvalue weighted by Gasteiger charge is 2.24. The second kappa shape index (κ2) is 9.99. The average Bonchev–Trinajstić information content (AvgIpc) is 3.27. The number of ether oxygens (including phenoxy) is 1. The molecule has 3 heterocycles. The number of hydrogen-bond acceptors (Lipinski definition) is 6. The molecule has 8 nitrogen and oxygen atoms in total. The zero-order valence-electron chi connectivity index (χ0n) is 18.7. The number of anilines is 3. The number of aromatic nitrogens is 3. The van der Waals surface area contributed by atoms with E-state index in [9.17, 15) is 9.90 Å². The van der Waals surface area contributed by atoms with Gasteiger partial charge in [0.1, 0.15) is 5.82 Å². The average molecular weight is 438 g/mol. The molecule has 0 spiro atoms. The number of rotatable bonds is 9. The van der Waals surface area contributed by atoms with Crippen molar-refractivity contribution in [1.29, 1.82) is 0 Å². The molecule has 1 saturated heterocycles. The quantitative estimate of drug-likeness (QED) is 0.511. The minimum Gasteiger partial charge on any atom is -0.481 e. The van der Waals surface area contributed by atoms with Crippen molar-refractivity contribution in [1.82, 2.24) is 14.4 Å².